The molecule has 0 spiro atoms. The van der Waals surface area contributed by atoms with E-state index in [0.29, 0.717) is 0 Å². The molecule has 5 heteroatoms. The van der Waals surface area contributed by atoms with E-state index < -0.39 is 14.0 Å². The van der Waals surface area contributed by atoms with Crippen molar-refractivity contribution >= 4 is 35.2 Å². The van der Waals surface area contributed by atoms with Gasteiger partial charge >= 0.3 is 0 Å². The molecular weight excluding hydrogens is 673 g/mol. The quantitative estimate of drug-likeness (QED) is 0.136. The number of benzene rings is 3. The SMILES string of the molecule is [2H]C(C)(C)c1ccnc(-c2[c-]ccc3c2oc2cc([Si](C)(C)C)ccc23)c1.[Ir].[c-]1ccccc1-c1ccccn1. The zero-order valence-electron chi connectivity index (χ0n) is 23.9. The smallest absolute Gasteiger partial charge is 0.120 e. The van der Waals surface area contributed by atoms with Crippen molar-refractivity contribution in [3.63, 3.8) is 0 Å². The van der Waals surface area contributed by atoms with E-state index in [9.17, 15) is 0 Å². The summed E-state index contributed by atoms with van der Waals surface area (Å²) in [5.41, 5.74) is 6.31. The Morgan fingerprint density at radius 3 is 2.28 bits per heavy atom. The van der Waals surface area contributed by atoms with Crippen molar-refractivity contribution in [2.75, 3.05) is 0 Å². The number of hydrogen-bond donors (Lipinski definition) is 0. The third kappa shape index (κ3) is 6.44. The second-order valence-corrected chi connectivity index (χ2v) is 15.7. The van der Waals surface area contributed by atoms with Crippen LogP contribution in [0.3, 0.4) is 0 Å². The minimum absolute atomic E-state index is 0. The number of aromatic nitrogens is 2. The van der Waals surface area contributed by atoms with Crippen molar-refractivity contribution in [1.82, 2.24) is 9.97 Å². The molecule has 3 aromatic carbocycles. The molecule has 0 saturated carbocycles. The molecule has 0 aliphatic rings. The maximum absolute atomic E-state index is 8.31. The average molecular weight is 706 g/mol. The van der Waals surface area contributed by atoms with Gasteiger partial charge in [-0.25, -0.2) is 0 Å². The van der Waals surface area contributed by atoms with Gasteiger partial charge in [0.05, 0.1) is 13.7 Å². The number of rotatable bonds is 4. The van der Waals surface area contributed by atoms with Crippen LogP contribution in [-0.4, -0.2) is 18.0 Å². The second kappa shape index (κ2) is 12.2. The molecule has 0 fully saturated rings. The Morgan fingerprint density at radius 2 is 1.59 bits per heavy atom. The predicted octanol–water partition coefficient (Wildman–Crippen LogP) is 8.66. The minimum atomic E-state index is -1.41. The van der Waals surface area contributed by atoms with Gasteiger partial charge in [0.1, 0.15) is 5.58 Å². The fourth-order valence-corrected chi connectivity index (χ4v) is 5.50. The van der Waals surface area contributed by atoms with Crippen LogP contribution in [0.25, 0.3) is 44.5 Å². The van der Waals surface area contributed by atoms with Crippen LogP contribution in [0.2, 0.25) is 19.6 Å². The van der Waals surface area contributed by atoms with Crippen molar-refractivity contribution in [3.8, 4) is 22.5 Å². The van der Waals surface area contributed by atoms with Gasteiger partial charge in [0.25, 0.3) is 0 Å². The van der Waals surface area contributed by atoms with E-state index in [0.717, 1.165) is 50.0 Å². The van der Waals surface area contributed by atoms with Crippen LogP contribution in [0, 0.1) is 12.1 Å². The van der Waals surface area contributed by atoms with Crippen LogP contribution in [0.15, 0.2) is 102 Å². The second-order valence-electron chi connectivity index (χ2n) is 10.6. The third-order valence-electron chi connectivity index (χ3n) is 6.54. The molecule has 0 aliphatic carbocycles. The first-order chi connectivity index (χ1) is 18.6. The fraction of sp³-hybridized carbons (Fsp3) is 0.176. The van der Waals surface area contributed by atoms with Gasteiger partial charge in [-0.05, 0) is 35.5 Å². The Bertz CT molecular complexity index is 1690. The molecule has 0 bridgehead atoms. The van der Waals surface area contributed by atoms with Gasteiger partial charge in [-0.15, -0.1) is 54.1 Å². The van der Waals surface area contributed by atoms with E-state index in [1.54, 1.807) is 12.4 Å². The van der Waals surface area contributed by atoms with Crippen molar-refractivity contribution in [2.45, 2.75) is 39.4 Å². The standard InChI is InChI=1S/C23H24NOSi.C11H8N.Ir/c1-15(2)16-11-12-24-21(13-16)20-8-6-7-19-18-10-9-17(26(3,4)5)14-22(18)25-23(19)20;1-2-6-10(7-3-1)11-8-4-5-9-12-11;/h6-7,9-15H,1-5H3;1-6,8-9H;/q2*-1;/i15D;;. The zero-order valence-corrected chi connectivity index (χ0v) is 26.3. The van der Waals surface area contributed by atoms with Gasteiger partial charge in [0.15, 0.2) is 0 Å². The molecule has 6 rings (SSSR count). The van der Waals surface area contributed by atoms with Crippen molar-refractivity contribution in [3.05, 3.63) is 115 Å². The average Bonchev–Trinajstić information content (AvgIpc) is 3.32. The van der Waals surface area contributed by atoms with Gasteiger partial charge in [-0.1, -0.05) is 85.5 Å². The van der Waals surface area contributed by atoms with Crippen molar-refractivity contribution in [2.24, 2.45) is 0 Å². The van der Waals surface area contributed by atoms with Crippen LogP contribution in [0.4, 0.5) is 0 Å². The number of hydrogen-bond acceptors (Lipinski definition) is 3. The van der Waals surface area contributed by atoms with Crippen LogP contribution in [0.1, 0.15) is 26.7 Å². The van der Waals surface area contributed by atoms with Crippen LogP contribution >= 0.6 is 0 Å². The summed E-state index contributed by atoms with van der Waals surface area (Å²) in [6.45, 7) is 10.8. The Hall–Kier alpha value is -3.37. The first kappa shape index (κ1) is 27.2. The number of furan rings is 1. The van der Waals surface area contributed by atoms with E-state index in [4.69, 9.17) is 5.79 Å². The minimum Gasteiger partial charge on any atom is -0.501 e. The van der Waals surface area contributed by atoms with Gasteiger partial charge in [-0.2, -0.15) is 0 Å². The Balaban J connectivity index is 0.000000238. The number of nitrogens with zero attached hydrogens (tertiary/aromatic N) is 2. The van der Waals surface area contributed by atoms with Crippen LogP contribution in [-0.2, 0) is 20.1 Å². The van der Waals surface area contributed by atoms with Crippen molar-refractivity contribution in [1.29, 1.82) is 0 Å². The Labute approximate surface area is 247 Å². The molecule has 0 unspecified atom stereocenters. The van der Waals surface area contributed by atoms with E-state index in [1.807, 2.05) is 74.5 Å². The van der Waals surface area contributed by atoms with Crippen LogP contribution in [0.5, 0.6) is 0 Å². The first-order valence-corrected chi connectivity index (χ1v) is 16.3. The monoisotopic (exact) mass is 706 g/mol. The molecule has 6 aromatic rings. The molecule has 3 nitrogen and oxygen atoms in total. The first-order valence-electron chi connectivity index (χ1n) is 13.3. The Kier molecular flexibility index (Phi) is 8.52. The predicted molar refractivity (Wildman–Crippen MR) is 161 cm³/mol. The molecule has 1 radical (unpaired) electrons. The maximum atomic E-state index is 8.31. The summed E-state index contributed by atoms with van der Waals surface area (Å²) < 4.78 is 14.6. The summed E-state index contributed by atoms with van der Waals surface area (Å²) in [5, 5.41) is 3.59. The third-order valence-corrected chi connectivity index (χ3v) is 8.59. The van der Waals surface area contributed by atoms with E-state index in [2.05, 4.69) is 66.0 Å². The zero-order chi connectivity index (χ0) is 27.6. The normalized spacial score (nSPS) is 11.9. The summed E-state index contributed by atoms with van der Waals surface area (Å²) in [6, 6.07) is 34.6. The van der Waals surface area contributed by atoms with E-state index in [1.165, 1.54) is 5.19 Å². The van der Waals surface area contributed by atoms with Gasteiger partial charge in [0.2, 0.25) is 0 Å². The van der Waals surface area contributed by atoms with Crippen molar-refractivity contribution < 1.29 is 25.9 Å². The van der Waals surface area contributed by atoms with E-state index in [-0.39, 0.29) is 20.1 Å². The topological polar surface area (TPSA) is 38.9 Å². The molecule has 0 amide bonds. The van der Waals surface area contributed by atoms with Gasteiger partial charge in [-0.3, -0.25) is 0 Å². The molecule has 199 valence electrons. The summed E-state index contributed by atoms with van der Waals surface area (Å²) >= 11 is 0. The van der Waals surface area contributed by atoms with Gasteiger partial charge in [0, 0.05) is 39.3 Å². The molecule has 3 aromatic heterocycles. The summed E-state index contributed by atoms with van der Waals surface area (Å²) in [6.07, 6.45) is 3.55. The fourth-order valence-electron chi connectivity index (χ4n) is 4.35. The van der Waals surface area contributed by atoms with Gasteiger partial charge < -0.3 is 14.4 Å². The summed E-state index contributed by atoms with van der Waals surface area (Å²) in [7, 11) is -1.41. The molecule has 39 heavy (non-hydrogen) atoms. The Morgan fingerprint density at radius 1 is 0.795 bits per heavy atom. The molecule has 0 N–H and O–H groups in total. The number of pyridine rings is 2. The molecule has 3 heterocycles. The molecule has 0 atom stereocenters. The number of fused-ring (bicyclic) bond motifs is 3. The van der Waals surface area contributed by atoms with Crippen LogP contribution < -0.4 is 5.19 Å². The summed E-state index contributed by atoms with van der Waals surface area (Å²) in [4.78, 5) is 8.75. The molecule has 0 aliphatic heterocycles. The molecule has 0 saturated heterocycles. The molecular formula is C34H32IrN2OSi-2. The summed E-state index contributed by atoms with van der Waals surface area (Å²) in [5.74, 6) is -0.675. The maximum Gasteiger partial charge on any atom is 0.120 e. The largest absolute Gasteiger partial charge is 0.501 e. The van der Waals surface area contributed by atoms with E-state index >= 15 is 0 Å².